The summed E-state index contributed by atoms with van der Waals surface area (Å²) in [7, 11) is 0. The van der Waals surface area contributed by atoms with Crippen molar-refractivity contribution in [3.8, 4) is 17.3 Å². The maximum Gasteiger partial charge on any atom is 0.138 e. The molecule has 1 aliphatic heterocycles. The molecule has 6 heteroatoms. The highest BCUT2D eigenvalue weighted by Gasteiger charge is 2.20. The van der Waals surface area contributed by atoms with Gasteiger partial charge in [0.1, 0.15) is 22.4 Å². The third-order valence-corrected chi connectivity index (χ3v) is 6.14. The quantitative estimate of drug-likeness (QED) is 0.476. The lowest BCUT2D eigenvalue weighted by Crippen LogP contribution is -2.46. The van der Waals surface area contributed by atoms with Gasteiger partial charge in [0.2, 0.25) is 0 Å². The van der Waals surface area contributed by atoms with E-state index >= 15 is 0 Å². The van der Waals surface area contributed by atoms with Gasteiger partial charge < -0.3 is 5.11 Å². The van der Waals surface area contributed by atoms with Gasteiger partial charge in [0, 0.05) is 43.7 Å². The molecule has 0 radical (unpaired) electrons. The lowest BCUT2D eigenvalue weighted by molar-refractivity contribution is 0.125. The van der Waals surface area contributed by atoms with Crippen molar-refractivity contribution in [3.05, 3.63) is 82.4 Å². The summed E-state index contributed by atoms with van der Waals surface area (Å²) < 4.78 is 0. The third kappa shape index (κ3) is 4.95. The number of piperazine rings is 1. The highest BCUT2D eigenvalue weighted by molar-refractivity contribution is 7.11. The number of aliphatic hydroxyl groups excluding tert-OH is 1. The van der Waals surface area contributed by atoms with Gasteiger partial charge in [-0.1, -0.05) is 60.7 Å². The third-order valence-electron chi connectivity index (χ3n) is 5.28. The smallest absolute Gasteiger partial charge is 0.138 e. The van der Waals surface area contributed by atoms with E-state index in [2.05, 4.69) is 45.1 Å². The standard InChI is InChI=1S/C24H24N4OS/c25-15-21(24-26-22(18-30-24)20-9-5-2-6-10-20)23(29)17-28-13-11-27(12-14-28)16-19-7-3-1-4-8-19/h1-10,18,29H,11-14,16-17H2/b23-21-. The molecule has 5 nitrogen and oxygen atoms in total. The first kappa shape index (κ1) is 20.3. The van der Waals surface area contributed by atoms with E-state index in [4.69, 9.17) is 0 Å². The number of hydrogen-bond acceptors (Lipinski definition) is 6. The average molecular weight is 417 g/mol. The predicted molar refractivity (Wildman–Crippen MR) is 121 cm³/mol. The molecule has 1 aromatic heterocycles. The van der Waals surface area contributed by atoms with Crippen LogP contribution in [-0.2, 0) is 6.54 Å². The first-order chi connectivity index (χ1) is 14.7. The summed E-state index contributed by atoms with van der Waals surface area (Å²) in [6.07, 6.45) is 0. The Hall–Kier alpha value is -2.98. The maximum absolute atomic E-state index is 10.7. The lowest BCUT2D eigenvalue weighted by Gasteiger charge is -2.34. The molecule has 1 saturated heterocycles. The maximum atomic E-state index is 10.7. The zero-order valence-corrected chi connectivity index (χ0v) is 17.6. The van der Waals surface area contributed by atoms with Crippen molar-refractivity contribution in [1.82, 2.24) is 14.8 Å². The molecule has 0 aliphatic carbocycles. The number of thiazole rings is 1. The molecule has 0 spiro atoms. The second-order valence-corrected chi connectivity index (χ2v) is 8.23. The lowest BCUT2D eigenvalue weighted by atomic mass is 10.2. The van der Waals surface area contributed by atoms with Gasteiger partial charge in [0.05, 0.1) is 12.2 Å². The zero-order chi connectivity index (χ0) is 20.8. The Balaban J connectivity index is 1.38. The van der Waals surface area contributed by atoms with Gasteiger partial charge in [-0.2, -0.15) is 5.26 Å². The van der Waals surface area contributed by atoms with Crippen molar-refractivity contribution >= 4 is 16.9 Å². The molecule has 0 unspecified atom stereocenters. The molecular weight excluding hydrogens is 392 g/mol. The van der Waals surface area contributed by atoms with E-state index in [9.17, 15) is 10.4 Å². The fourth-order valence-corrected chi connectivity index (χ4v) is 4.45. The number of rotatable bonds is 6. The van der Waals surface area contributed by atoms with E-state index < -0.39 is 0 Å². The van der Waals surface area contributed by atoms with Crippen molar-refractivity contribution in [3.63, 3.8) is 0 Å². The Morgan fingerprint density at radius 2 is 1.60 bits per heavy atom. The van der Waals surface area contributed by atoms with Gasteiger partial charge in [0.25, 0.3) is 0 Å². The topological polar surface area (TPSA) is 63.4 Å². The summed E-state index contributed by atoms with van der Waals surface area (Å²) in [5, 5.41) is 22.8. The van der Waals surface area contributed by atoms with Crippen LogP contribution in [0.5, 0.6) is 0 Å². The minimum absolute atomic E-state index is 0.1000. The highest BCUT2D eigenvalue weighted by atomic mass is 32.1. The molecule has 1 aliphatic rings. The van der Waals surface area contributed by atoms with Crippen LogP contribution in [0.25, 0.3) is 16.8 Å². The molecule has 0 bridgehead atoms. The van der Waals surface area contributed by atoms with E-state index in [-0.39, 0.29) is 11.3 Å². The van der Waals surface area contributed by atoms with Crippen LogP contribution < -0.4 is 0 Å². The fraction of sp³-hybridized carbons (Fsp3) is 0.250. The van der Waals surface area contributed by atoms with Crippen LogP contribution in [-0.4, -0.2) is 52.6 Å². The van der Waals surface area contributed by atoms with Gasteiger partial charge in [0.15, 0.2) is 0 Å². The van der Waals surface area contributed by atoms with Crippen LogP contribution >= 0.6 is 11.3 Å². The molecular formula is C24H24N4OS. The van der Waals surface area contributed by atoms with Crippen molar-refractivity contribution in [2.75, 3.05) is 32.7 Å². The van der Waals surface area contributed by atoms with Crippen molar-refractivity contribution < 1.29 is 5.11 Å². The van der Waals surface area contributed by atoms with Crippen LogP contribution in [0.15, 0.2) is 71.8 Å². The van der Waals surface area contributed by atoms with Crippen LogP contribution in [0.3, 0.4) is 0 Å². The number of aliphatic hydroxyl groups is 1. The van der Waals surface area contributed by atoms with Gasteiger partial charge in [-0.3, -0.25) is 9.80 Å². The van der Waals surface area contributed by atoms with E-state index in [1.807, 2.05) is 41.8 Å². The first-order valence-electron chi connectivity index (χ1n) is 10.0. The Labute approximate surface area is 181 Å². The highest BCUT2D eigenvalue weighted by Crippen LogP contribution is 2.27. The zero-order valence-electron chi connectivity index (χ0n) is 16.7. The second kappa shape index (κ2) is 9.68. The molecule has 0 atom stereocenters. The molecule has 30 heavy (non-hydrogen) atoms. The molecule has 0 amide bonds. The molecule has 2 heterocycles. The molecule has 1 N–H and O–H groups in total. The predicted octanol–water partition coefficient (Wildman–Crippen LogP) is 4.42. The molecule has 2 aromatic carbocycles. The van der Waals surface area contributed by atoms with Crippen molar-refractivity contribution in [2.24, 2.45) is 0 Å². The minimum atomic E-state index is 0.1000. The molecule has 4 rings (SSSR count). The normalized spacial score (nSPS) is 16.1. The summed E-state index contributed by atoms with van der Waals surface area (Å²) in [5.74, 6) is 0.1000. The van der Waals surface area contributed by atoms with Gasteiger partial charge in [-0.05, 0) is 5.56 Å². The van der Waals surface area contributed by atoms with Crippen LogP contribution in [0.4, 0.5) is 0 Å². The van der Waals surface area contributed by atoms with E-state index in [0.717, 1.165) is 44.0 Å². The number of aromatic nitrogens is 1. The van der Waals surface area contributed by atoms with Crippen LogP contribution in [0.2, 0.25) is 0 Å². The fourth-order valence-electron chi connectivity index (χ4n) is 3.60. The summed E-state index contributed by atoms with van der Waals surface area (Å²) in [6, 6.07) is 22.5. The van der Waals surface area contributed by atoms with Gasteiger partial charge >= 0.3 is 0 Å². The number of nitrogens with zero attached hydrogens (tertiary/aromatic N) is 4. The Morgan fingerprint density at radius 3 is 2.27 bits per heavy atom. The second-order valence-electron chi connectivity index (χ2n) is 7.38. The number of hydrogen-bond donors (Lipinski definition) is 1. The monoisotopic (exact) mass is 416 g/mol. The van der Waals surface area contributed by atoms with Gasteiger partial charge in [-0.25, -0.2) is 4.98 Å². The summed E-state index contributed by atoms with van der Waals surface area (Å²) >= 11 is 1.39. The van der Waals surface area contributed by atoms with E-state index in [1.54, 1.807) is 0 Å². The number of nitriles is 1. The number of allylic oxidation sites excluding steroid dienone is 1. The SMILES string of the molecule is N#C/C(=C(/O)CN1CCN(Cc2ccccc2)CC1)c1nc(-c2ccccc2)cs1. The van der Waals surface area contributed by atoms with E-state index in [0.29, 0.717) is 11.6 Å². The average Bonchev–Trinajstić information content (AvgIpc) is 3.27. The van der Waals surface area contributed by atoms with Crippen molar-refractivity contribution in [2.45, 2.75) is 6.54 Å². The molecule has 3 aromatic rings. The molecule has 1 fully saturated rings. The van der Waals surface area contributed by atoms with Crippen LogP contribution in [0.1, 0.15) is 10.6 Å². The summed E-state index contributed by atoms with van der Waals surface area (Å²) in [5.41, 5.74) is 3.42. The Kier molecular flexibility index (Phi) is 6.55. The Bertz CT molecular complexity index is 1030. The van der Waals surface area contributed by atoms with Gasteiger partial charge in [-0.15, -0.1) is 11.3 Å². The molecule has 152 valence electrons. The largest absolute Gasteiger partial charge is 0.509 e. The number of benzene rings is 2. The van der Waals surface area contributed by atoms with Crippen molar-refractivity contribution in [1.29, 1.82) is 5.26 Å². The Morgan fingerprint density at radius 1 is 0.967 bits per heavy atom. The summed E-state index contributed by atoms with van der Waals surface area (Å²) in [6.45, 7) is 4.94. The minimum Gasteiger partial charge on any atom is -0.509 e. The van der Waals surface area contributed by atoms with E-state index in [1.165, 1.54) is 16.9 Å². The van der Waals surface area contributed by atoms with Crippen LogP contribution in [0, 0.1) is 11.3 Å². The molecule has 0 saturated carbocycles. The first-order valence-corrected chi connectivity index (χ1v) is 10.9. The summed E-state index contributed by atoms with van der Waals surface area (Å²) in [4.78, 5) is 9.19.